The van der Waals surface area contributed by atoms with Crippen LogP contribution < -0.4 is 15.8 Å². The highest BCUT2D eigenvalue weighted by Crippen LogP contribution is 2.25. The SMILES string of the molecule is CCCOc1cccnc1NCC1CCC(N)CC1. The van der Waals surface area contributed by atoms with Crippen molar-refractivity contribution < 1.29 is 4.74 Å². The first kappa shape index (κ1) is 14.1. The molecule has 1 aromatic heterocycles. The summed E-state index contributed by atoms with van der Waals surface area (Å²) >= 11 is 0. The molecule has 106 valence electrons. The minimum Gasteiger partial charge on any atom is -0.490 e. The molecule has 0 amide bonds. The molecule has 0 bridgehead atoms. The maximum Gasteiger partial charge on any atom is 0.168 e. The average molecular weight is 263 g/mol. The predicted molar refractivity (Wildman–Crippen MR) is 78.4 cm³/mol. The number of aromatic nitrogens is 1. The quantitative estimate of drug-likeness (QED) is 0.828. The third-order valence-corrected chi connectivity index (χ3v) is 3.68. The second kappa shape index (κ2) is 7.34. The highest BCUT2D eigenvalue weighted by atomic mass is 16.5. The number of hydrogen-bond donors (Lipinski definition) is 2. The Kier molecular flexibility index (Phi) is 5.45. The number of nitrogens with two attached hydrogens (primary N) is 1. The second-order valence-electron chi connectivity index (χ2n) is 5.36. The van der Waals surface area contributed by atoms with E-state index in [1.165, 1.54) is 12.8 Å². The Bertz CT molecular complexity index is 375. The molecule has 1 aromatic rings. The first-order chi connectivity index (χ1) is 9.29. The Morgan fingerprint density at radius 3 is 2.89 bits per heavy atom. The standard InChI is InChI=1S/C15H25N3O/c1-2-10-19-14-4-3-9-17-15(14)18-11-12-5-7-13(16)8-6-12/h3-4,9,12-13H,2,5-8,10-11,16H2,1H3,(H,17,18). The van der Waals surface area contributed by atoms with Gasteiger partial charge in [-0.05, 0) is 50.2 Å². The van der Waals surface area contributed by atoms with Crippen molar-refractivity contribution in [3.05, 3.63) is 18.3 Å². The smallest absolute Gasteiger partial charge is 0.168 e. The van der Waals surface area contributed by atoms with Gasteiger partial charge in [0.1, 0.15) is 0 Å². The summed E-state index contributed by atoms with van der Waals surface area (Å²) in [4.78, 5) is 4.37. The number of nitrogens with zero attached hydrogens (tertiary/aromatic N) is 1. The van der Waals surface area contributed by atoms with Crippen LogP contribution in [-0.2, 0) is 0 Å². The van der Waals surface area contributed by atoms with Gasteiger partial charge < -0.3 is 15.8 Å². The fraction of sp³-hybridized carbons (Fsp3) is 0.667. The lowest BCUT2D eigenvalue weighted by Crippen LogP contribution is -2.29. The lowest BCUT2D eigenvalue weighted by Gasteiger charge is -2.26. The van der Waals surface area contributed by atoms with E-state index in [0.29, 0.717) is 12.0 Å². The van der Waals surface area contributed by atoms with Gasteiger partial charge in [-0.15, -0.1) is 0 Å². The minimum atomic E-state index is 0.412. The molecule has 0 atom stereocenters. The third-order valence-electron chi connectivity index (χ3n) is 3.68. The Labute approximate surface area is 115 Å². The molecule has 0 spiro atoms. The third kappa shape index (κ3) is 4.39. The van der Waals surface area contributed by atoms with Gasteiger partial charge in [-0.1, -0.05) is 6.92 Å². The molecule has 0 aliphatic heterocycles. The van der Waals surface area contributed by atoms with E-state index in [1.54, 1.807) is 6.20 Å². The van der Waals surface area contributed by atoms with Gasteiger partial charge in [-0.25, -0.2) is 4.98 Å². The van der Waals surface area contributed by atoms with Crippen LogP contribution in [0, 0.1) is 5.92 Å². The molecule has 2 rings (SSSR count). The number of anilines is 1. The highest BCUT2D eigenvalue weighted by molar-refractivity contribution is 5.49. The van der Waals surface area contributed by atoms with Crippen LogP contribution in [0.15, 0.2) is 18.3 Å². The molecular formula is C15H25N3O. The number of pyridine rings is 1. The lowest BCUT2D eigenvalue weighted by atomic mass is 9.86. The summed E-state index contributed by atoms with van der Waals surface area (Å²) in [5.41, 5.74) is 5.93. The van der Waals surface area contributed by atoms with E-state index < -0.39 is 0 Å². The topological polar surface area (TPSA) is 60.2 Å². The summed E-state index contributed by atoms with van der Waals surface area (Å²) in [5, 5.41) is 3.43. The fourth-order valence-corrected chi connectivity index (χ4v) is 2.49. The first-order valence-electron chi connectivity index (χ1n) is 7.37. The summed E-state index contributed by atoms with van der Waals surface area (Å²) in [6, 6.07) is 4.30. The highest BCUT2D eigenvalue weighted by Gasteiger charge is 2.18. The van der Waals surface area contributed by atoms with Crippen LogP contribution in [-0.4, -0.2) is 24.2 Å². The van der Waals surface area contributed by atoms with Crippen LogP contribution >= 0.6 is 0 Å². The molecule has 1 aliphatic rings. The second-order valence-corrected chi connectivity index (χ2v) is 5.36. The summed E-state index contributed by atoms with van der Waals surface area (Å²) in [7, 11) is 0. The molecule has 0 aromatic carbocycles. The van der Waals surface area contributed by atoms with Crippen molar-refractivity contribution in [2.24, 2.45) is 11.7 Å². The number of nitrogens with one attached hydrogen (secondary N) is 1. The van der Waals surface area contributed by atoms with Crippen molar-refractivity contribution in [3.63, 3.8) is 0 Å². The van der Waals surface area contributed by atoms with Gasteiger partial charge >= 0.3 is 0 Å². The molecule has 4 nitrogen and oxygen atoms in total. The monoisotopic (exact) mass is 263 g/mol. The van der Waals surface area contributed by atoms with Crippen LogP contribution in [0.4, 0.5) is 5.82 Å². The fourth-order valence-electron chi connectivity index (χ4n) is 2.49. The number of rotatable bonds is 6. The number of ether oxygens (including phenoxy) is 1. The van der Waals surface area contributed by atoms with Gasteiger partial charge in [0.05, 0.1) is 6.61 Å². The maximum atomic E-state index is 5.93. The Morgan fingerprint density at radius 1 is 1.37 bits per heavy atom. The summed E-state index contributed by atoms with van der Waals surface area (Å²) in [6.07, 6.45) is 7.53. The first-order valence-corrected chi connectivity index (χ1v) is 7.37. The molecule has 0 unspecified atom stereocenters. The molecule has 3 N–H and O–H groups in total. The maximum absolute atomic E-state index is 5.93. The number of hydrogen-bond acceptors (Lipinski definition) is 4. The molecule has 1 aliphatic carbocycles. The molecule has 1 saturated carbocycles. The molecule has 19 heavy (non-hydrogen) atoms. The molecule has 0 radical (unpaired) electrons. The molecule has 1 heterocycles. The van der Waals surface area contributed by atoms with Crippen molar-refractivity contribution >= 4 is 5.82 Å². The molecule has 4 heteroatoms. The summed E-state index contributed by atoms with van der Waals surface area (Å²) in [6.45, 7) is 3.81. The van der Waals surface area contributed by atoms with Gasteiger partial charge in [-0.3, -0.25) is 0 Å². The predicted octanol–water partition coefficient (Wildman–Crippen LogP) is 2.80. The van der Waals surface area contributed by atoms with Gasteiger partial charge in [-0.2, -0.15) is 0 Å². The van der Waals surface area contributed by atoms with E-state index in [-0.39, 0.29) is 0 Å². The van der Waals surface area contributed by atoms with E-state index in [4.69, 9.17) is 10.5 Å². The normalized spacial score (nSPS) is 23.1. The van der Waals surface area contributed by atoms with Crippen LogP contribution in [0.2, 0.25) is 0 Å². The lowest BCUT2D eigenvalue weighted by molar-refractivity contribution is 0.316. The van der Waals surface area contributed by atoms with Crippen LogP contribution in [0.3, 0.4) is 0 Å². The van der Waals surface area contributed by atoms with E-state index >= 15 is 0 Å². The zero-order valence-corrected chi connectivity index (χ0v) is 11.8. The van der Waals surface area contributed by atoms with Gasteiger partial charge in [0.25, 0.3) is 0 Å². The van der Waals surface area contributed by atoms with Crippen molar-refractivity contribution in [2.75, 3.05) is 18.5 Å². The van der Waals surface area contributed by atoms with Gasteiger partial charge in [0, 0.05) is 18.8 Å². The Balaban J connectivity index is 1.84. The van der Waals surface area contributed by atoms with Gasteiger partial charge in [0.2, 0.25) is 0 Å². The van der Waals surface area contributed by atoms with E-state index in [0.717, 1.165) is 44.0 Å². The molecule has 0 saturated heterocycles. The zero-order valence-electron chi connectivity index (χ0n) is 11.8. The Hall–Kier alpha value is -1.29. The van der Waals surface area contributed by atoms with Gasteiger partial charge in [0.15, 0.2) is 11.6 Å². The summed E-state index contributed by atoms with van der Waals surface area (Å²) in [5.74, 6) is 2.43. The minimum absolute atomic E-state index is 0.412. The van der Waals surface area contributed by atoms with E-state index in [9.17, 15) is 0 Å². The largest absolute Gasteiger partial charge is 0.490 e. The van der Waals surface area contributed by atoms with E-state index in [1.807, 2.05) is 12.1 Å². The van der Waals surface area contributed by atoms with Crippen molar-refractivity contribution in [3.8, 4) is 5.75 Å². The van der Waals surface area contributed by atoms with E-state index in [2.05, 4.69) is 17.2 Å². The average Bonchev–Trinajstić information content (AvgIpc) is 2.45. The summed E-state index contributed by atoms with van der Waals surface area (Å²) < 4.78 is 5.70. The molecular weight excluding hydrogens is 238 g/mol. The van der Waals surface area contributed by atoms with Crippen molar-refractivity contribution in [2.45, 2.75) is 45.1 Å². The van der Waals surface area contributed by atoms with Crippen LogP contribution in [0.25, 0.3) is 0 Å². The van der Waals surface area contributed by atoms with Crippen molar-refractivity contribution in [1.29, 1.82) is 0 Å². The zero-order chi connectivity index (χ0) is 13.5. The Morgan fingerprint density at radius 2 is 2.16 bits per heavy atom. The van der Waals surface area contributed by atoms with Crippen LogP contribution in [0.5, 0.6) is 5.75 Å². The van der Waals surface area contributed by atoms with Crippen molar-refractivity contribution in [1.82, 2.24) is 4.98 Å². The molecule has 1 fully saturated rings. The van der Waals surface area contributed by atoms with Crippen LogP contribution in [0.1, 0.15) is 39.0 Å².